The lowest BCUT2D eigenvalue weighted by Gasteiger charge is -2.23. The van der Waals surface area contributed by atoms with E-state index in [2.05, 4.69) is 15.2 Å². The van der Waals surface area contributed by atoms with E-state index in [0.717, 1.165) is 18.4 Å². The molecular weight excluding hydrogens is 316 g/mol. The summed E-state index contributed by atoms with van der Waals surface area (Å²) in [5.41, 5.74) is 1.49. The average Bonchev–Trinajstić information content (AvgIpc) is 3.25. The Bertz CT molecular complexity index is 724. The van der Waals surface area contributed by atoms with E-state index in [0.29, 0.717) is 17.1 Å². The van der Waals surface area contributed by atoms with Crippen LogP contribution in [0.15, 0.2) is 23.8 Å². The number of rotatable bonds is 3. The molecule has 2 aromatic rings. The number of amides is 2. The first-order chi connectivity index (χ1) is 11.1. The summed E-state index contributed by atoms with van der Waals surface area (Å²) in [6.07, 6.45) is 5.63. The zero-order chi connectivity index (χ0) is 16.4. The van der Waals surface area contributed by atoms with Gasteiger partial charge in [-0.3, -0.25) is 10.00 Å². The number of aromatic nitrogens is 2. The van der Waals surface area contributed by atoms with Crippen LogP contribution in [-0.4, -0.2) is 40.3 Å². The minimum Gasteiger partial charge on any atom is -0.465 e. The number of hydrogen-bond acceptors (Lipinski definition) is 5. The van der Waals surface area contributed by atoms with Crippen LogP contribution in [-0.2, 0) is 11.8 Å². The van der Waals surface area contributed by atoms with Crippen LogP contribution in [0.5, 0.6) is 0 Å². The fourth-order valence-corrected chi connectivity index (χ4v) is 3.53. The van der Waals surface area contributed by atoms with Gasteiger partial charge in [-0.2, -0.15) is 5.10 Å². The van der Waals surface area contributed by atoms with Crippen molar-refractivity contribution in [3.8, 4) is 0 Å². The monoisotopic (exact) mass is 334 g/mol. The number of carbonyl (C=O) groups is 2. The predicted octanol–water partition coefficient (Wildman–Crippen LogP) is 2.64. The molecule has 1 atom stereocenters. The molecular formula is C15H18N4O3S. The van der Waals surface area contributed by atoms with Gasteiger partial charge >= 0.3 is 12.0 Å². The fraction of sp³-hybridized carbons (Fsp3) is 0.400. The van der Waals surface area contributed by atoms with Crippen LogP contribution in [0.4, 0.5) is 9.80 Å². The van der Waals surface area contributed by atoms with E-state index in [1.807, 2.05) is 18.1 Å². The number of hydrogen-bond donors (Lipinski definition) is 1. The van der Waals surface area contributed by atoms with Gasteiger partial charge in [0.2, 0.25) is 0 Å². The molecule has 3 rings (SSSR count). The van der Waals surface area contributed by atoms with Gasteiger partial charge in [0, 0.05) is 30.7 Å². The van der Waals surface area contributed by atoms with Crippen LogP contribution >= 0.6 is 11.3 Å². The zero-order valence-electron chi connectivity index (χ0n) is 13.0. The molecule has 1 N–H and O–H groups in total. The van der Waals surface area contributed by atoms with Gasteiger partial charge in [0.05, 0.1) is 29.9 Å². The Hall–Kier alpha value is -2.35. The maximum absolute atomic E-state index is 12.5. The van der Waals surface area contributed by atoms with Crippen LogP contribution < -0.4 is 5.32 Å². The second-order valence-electron chi connectivity index (χ2n) is 5.42. The van der Waals surface area contributed by atoms with Crippen molar-refractivity contribution in [2.24, 2.45) is 7.05 Å². The van der Waals surface area contributed by atoms with Gasteiger partial charge < -0.3 is 9.64 Å². The van der Waals surface area contributed by atoms with Gasteiger partial charge in [0.25, 0.3) is 0 Å². The second-order valence-corrected chi connectivity index (χ2v) is 6.33. The number of esters is 1. The van der Waals surface area contributed by atoms with Crippen molar-refractivity contribution in [1.29, 1.82) is 0 Å². The lowest BCUT2D eigenvalue weighted by atomic mass is 10.1. The van der Waals surface area contributed by atoms with Gasteiger partial charge in [0.1, 0.15) is 0 Å². The lowest BCUT2D eigenvalue weighted by molar-refractivity contribution is 0.0601. The van der Waals surface area contributed by atoms with E-state index < -0.39 is 5.97 Å². The number of urea groups is 1. The van der Waals surface area contributed by atoms with Gasteiger partial charge in [-0.1, -0.05) is 0 Å². The summed E-state index contributed by atoms with van der Waals surface area (Å²) < 4.78 is 6.41. The quantitative estimate of drug-likeness (QED) is 0.876. The van der Waals surface area contributed by atoms with Gasteiger partial charge in [0.15, 0.2) is 0 Å². The molecule has 2 aromatic heterocycles. The van der Waals surface area contributed by atoms with E-state index >= 15 is 0 Å². The highest BCUT2D eigenvalue weighted by Gasteiger charge is 2.31. The largest absolute Gasteiger partial charge is 0.465 e. The summed E-state index contributed by atoms with van der Waals surface area (Å²) in [5.74, 6) is -0.406. The smallest absolute Gasteiger partial charge is 0.338 e. The molecule has 0 aromatic carbocycles. The fourth-order valence-electron chi connectivity index (χ4n) is 2.77. The van der Waals surface area contributed by atoms with Crippen molar-refractivity contribution in [1.82, 2.24) is 14.7 Å². The summed E-state index contributed by atoms with van der Waals surface area (Å²) in [6.45, 7) is 0.709. The molecule has 2 amide bonds. The SMILES string of the molecule is COC(=O)c1csc(NC(=O)N2CCC[C@H]2c2cnn(C)c2)c1. The molecule has 0 bridgehead atoms. The molecule has 1 fully saturated rings. The molecule has 0 saturated carbocycles. The summed E-state index contributed by atoms with van der Waals surface area (Å²) >= 11 is 1.31. The second kappa shape index (κ2) is 6.41. The molecule has 0 aliphatic carbocycles. The van der Waals surface area contributed by atoms with Crippen molar-refractivity contribution < 1.29 is 14.3 Å². The first-order valence-corrected chi connectivity index (χ1v) is 8.19. The highest BCUT2D eigenvalue weighted by Crippen LogP contribution is 2.32. The Kier molecular flexibility index (Phi) is 4.33. The van der Waals surface area contributed by atoms with Crippen molar-refractivity contribution >= 4 is 28.3 Å². The van der Waals surface area contributed by atoms with E-state index in [4.69, 9.17) is 0 Å². The van der Waals surface area contributed by atoms with Crippen LogP contribution in [0, 0.1) is 0 Å². The Morgan fingerprint density at radius 3 is 3.00 bits per heavy atom. The van der Waals surface area contributed by atoms with Crippen molar-refractivity contribution in [2.75, 3.05) is 19.0 Å². The van der Waals surface area contributed by atoms with Crippen LogP contribution in [0.25, 0.3) is 0 Å². The number of anilines is 1. The minimum absolute atomic E-state index is 0.0451. The highest BCUT2D eigenvalue weighted by atomic mass is 32.1. The summed E-state index contributed by atoms with van der Waals surface area (Å²) in [6, 6.07) is 1.52. The number of nitrogens with zero attached hydrogens (tertiary/aromatic N) is 3. The Morgan fingerprint density at radius 1 is 1.48 bits per heavy atom. The van der Waals surface area contributed by atoms with Gasteiger partial charge in [-0.25, -0.2) is 9.59 Å². The van der Waals surface area contributed by atoms with E-state index in [-0.39, 0.29) is 12.1 Å². The third-order valence-corrected chi connectivity index (χ3v) is 4.72. The number of ether oxygens (including phenoxy) is 1. The molecule has 0 radical (unpaired) electrons. The van der Waals surface area contributed by atoms with Crippen molar-refractivity contribution in [3.05, 3.63) is 35.0 Å². The zero-order valence-corrected chi connectivity index (χ0v) is 13.8. The number of nitrogens with one attached hydrogen (secondary N) is 1. The Labute approximate surface area is 137 Å². The molecule has 1 aliphatic rings. The van der Waals surface area contributed by atoms with E-state index in [1.54, 1.807) is 22.3 Å². The molecule has 8 heteroatoms. The molecule has 1 saturated heterocycles. The molecule has 122 valence electrons. The molecule has 3 heterocycles. The van der Waals surface area contributed by atoms with E-state index in [9.17, 15) is 9.59 Å². The van der Waals surface area contributed by atoms with Crippen molar-refractivity contribution in [3.63, 3.8) is 0 Å². The third kappa shape index (κ3) is 3.21. The molecule has 1 aliphatic heterocycles. The number of thiophene rings is 1. The molecule has 7 nitrogen and oxygen atoms in total. The first-order valence-electron chi connectivity index (χ1n) is 7.31. The van der Waals surface area contributed by atoms with E-state index in [1.165, 1.54) is 18.4 Å². The topological polar surface area (TPSA) is 76.5 Å². The van der Waals surface area contributed by atoms with Gasteiger partial charge in [-0.05, 0) is 18.9 Å². The highest BCUT2D eigenvalue weighted by molar-refractivity contribution is 7.14. The summed E-state index contributed by atoms with van der Waals surface area (Å²) in [4.78, 5) is 25.8. The van der Waals surface area contributed by atoms with Gasteiger partial charge in [-0.15, -0.1) is 11.3 Å². The Morgan fingerprint density at radius 2 is 2.30 bits per heavy atom. The number of likely N-dealkylation sites (tertiary alicyclic amines) is 1. The summed E-state index contributed by atoms with van der Waals surface area (Å²) in [5, 5.41) is 9.34. The van der Waals surface area contributed by atoms with Crippen molar-refractivity contribution in [2.45, 2.75) is 18.9 Å². The molecule has 23 heavy (non-hydrogen) atoms. The summed E-state index contributed by atoms with van der Waals surface area (Å²) in [7, 11) is 3.20. The Balaban J connectivity index is 1.70. The number of methoxy groups -OCH3 is 1. The average molecular weight is 334 g/mol. The molecule has 0 spiro atoms. The number of carbonyl (C=O) groups excluding carboxylic acids is 2. The minimum atomic E-state index is -0.406. The maximum Gasteiger partial charge on any atom is 0.338 e. The van der Waals surface area contributed by atoms with Crippen LogP contribution in [0.3, 0.4) is 0 Å². The number of aryl methyl sites for hydroxylation is 1. The lowest BCUT2D eigenvalue weighted by Crippen LogP contribution is -2.34. The van der Waals surface area contributed by atoms with Crippen LogP contribution in [0.1, 0.15) is 34.8 Å². The normalized spacial score (nSPS) is 17.3. The maximum atomic E-state index is 12.5. The first kappa shape index (κ1) is 15.5. The van der Waals surface area contributed by atoms with Crippen LogP contribution in [0.2, 0.25) is 0 Å². The predicted molar refractivity (Wildman–Crippen MR) is 86.6 cm³/mol. The third-order valence-electron chi connectivity index (χ3n) is 3.87. The molecule has 0 unspecified atom stereocenters. The standard InChI is InChI=1S/C15H18N4O3S/c1-18-8-11(7-16-18)12-4-3-5-19(12)15(21)17-13-6-10(9-23-13)14(20)22-2/h6-9,12H,3-5H2,1-2H3,(H,17,21)/t12-/m0/s1.